The van der Waals surface area contributed by atoms with Crippen LogP contribution in [0.2, 0.25) is 0 Å². The van der Waals surface area contributed by atoms with Crippen LogP contribution in [0.15, 0.2) is 46.8 Å². The van der Waals surface area contributed by atoms with Gasteiger partial charge in [0.15, 0.2) is 5.82 Å². The first kappa shape index (κ1) is 16.6. The van der Waals surface area contributed by atoms with E-state index in [4.69, 9.17) is 0 Å². The quantitative estimate of drug-likeness (QED) is 0.579. The Morgan fingerprint density at radius 3 is 2.84 bits per heavy atom. The van der Waals surface area contributed by atoms with Gasteiger partial charge >= 0.3 is 5.97 Å². The number of hydrogen-bond donors (Lipinski definition) is 1. The van der Waals surface area contributed by atoms with Gasteiger partial charge in [-0.3, -0.25) is 9.20 Å². The molecule has 0 radical (unpaired) electrons. The fourth-order valence-corrected chi connectivity index (χ4v) is 2.34. The minimum atomic E-state index is -0.485. The molecule has 0 atom stereocenters. The lowest BCUT2D eigenvalue weighted by Gasteiger charge is -2.01. The van der Waals surface area contributed by atoms with Gasteiger partial charge in [-0.15, -0.1) is 10.2 Å². The molecule has 0 unspecified atom stereocenters. The van der Waals surface area contributed by atoms with Crippen molar-refractivity contribution in [1.29, 1.82) is 0 Å². The smallest absolute Gasteiger partial charge is 0.311 e. The van der Waals surface area contributed by atoms with Crippen LogP contribution in [0.1, 0.15) is 11.3 Å². The number of hydrogen-bond acceptors (Lipinski definition) is 6. The molecule has 0 saturated carbocycles. The van der Waals surface area contributed by atoms with Crippen molar-refractivity contribution in [2.75, 3.05) is 7.11 Å². The lowest BCUT2D eigenvalue weighted by atomic mass is 10.2. The fraction of sp³-hybridized carbons (Fsp3) is 0.176. The SMILES string of the molecule is COC(=O)Cc1nc2ccc(F)cn2c1N=Nc1ccc(O)cc1C. The van der Waals surface area contributed by atoms with Gasteiger partial charge < -0.3 is 9.84 Å². The van der Waals surface area contributed by atoms with Crippen LogP contribution in [0.5, 0.6) is 5.75 Å². The van der Waals surface area contributed by atoms with Crippen molar-refractivity contribution >= 4 is 23.1 Å². The molecule has 8 heteroatoms. The second kappa shape index (κ2) is 6.68. The topological polar surface area (TPSA) is 88.5 Å². The first-order chi connectivity index (χ1) is 12.0. The monoisotopic (exact) mass is 342 g/mol. The second-order valence-corrected chi connectivity index (χ2v) is 5.38. The zero-order chi connectivity index (χ0) is 18.0. The van der Waals surface area contributed by atoms with Crippen LogP contribution in [0, 0.1) is 12.7 Å². The van der Waals surface area contributed by atoms with Gasteiger partial charge in [0.2, 0.25) is 0 Å². The Kier molecular flexibility index (Phi) is 4.42. The third kappa shape index (κ3) is 3.47. The number of halogens is 1. The van der Waals surface area contributed by atoms with Crippen molar-refractivity contribution in [3.05, 3.63) is 53.6 Å². The number of aromatic nitrogens is 2. The van der Waals surface area contributed by atoms with Gasteiger partial charge in [-0.2, -0.15) is 0 Å². The van der Waals surface area contributed by atoms with E-state index in [9.17, 15) is 14.3 Å². The average molecular weight is 342 g/mol. The minimum Gasteiger partial charge on any atom is -0.508 e. The highest BCUT2D eigenvalue weighted by Gasteiger charge is 2.16. The van der Waals surface area contributed by atoms with Crippen molar-refractivity contribution < 1.29 is 19.0 Å². The number of esters is 1. The first-order valence-electron chi connectivity index (χ1n) is 7.42. The molecular weight excluding hydrogens is 327 g/mol. The average Bonchev–Trinajstić information content (AvgIpc) is 2.90. The molecule has 0 saturated heterocycles. The summed E-state index contributed by atoms with van der Waals surface area (Å²) in [6.07, 6.45) is 1.11. The van der Waals surface area contributed by atoms with Crippen LogP contribution in [0.25, 0.3) is 5.65 Å². The molecule has 0 bridgehead atoms. The number of azo groups is 1. The zero-order valence-electron chi connectivity index (χ0n) is 13.6. The molecular formula is C17H15FN4O3. The Balaban J connectivity index is 2.08. The Hall–Kier alpha value is -3.29. The maximum Gasteiger partial charge on any atom is 0.311 e. The van der Waals surface area contributed by atoms with Crippen molar-refractivity contribution in [1.82, 2.24) is 9.38 Å². The fourth-order valence-electron chi connectivity index (χ4n) is 2.34. The number of benzene rings is 1. The Labute approximate surface area is 142 Å². The molecule has 2 aromatic heterocycles. The molecule has 0 aliphatic rings. The molecule has 0 aliphatic carbocycles. The second-order valence-electron chi connectivity index (χ2n) is 5.38. The summed E-state index contributed by atoms with van der Waals surface area (Å²) in [6.45, 7) is 1.78. The van der Waals surface area contributed by atoms with E-state index >= 15 is 0 Å². The van der Waals surface area contributed by atoms with Crippen molar-refractivity contribution in [2.24, 2.45) is 10.2 Å². The number of phenolic OH excluding ortho intramolecular Hbond substituents is 1. The number of rotatable bonds is 4. The van der Waals surface area contributed by atoms with E-state index in [2.05, 4.69) is 19.9 Å². The number of carbonyl (C=O) groups is 1. The lowest BCUT2D eigenvalue weighted by molar-refractivity contribution is -0.139. The maximum atomic E-state index is 13.6. The summed E-state index contributed by atoms with van der Waals surface area (Å²) in [7, 11) is 1.28. The van der Waals surface area contributed by atoms with E-state index in [1.807, 2.05) is 0 Å². The molecule has 0 amide bonds. The van der Waals surface area contributed by atoms with E-state index in [1.54, 1.807) is 19.1 Å². The van der Waals surface area contributed by atoms with Crippen LogP contribution < -0.4 is 0 Å². The first-order valence-corrected chi connectivity index (χ1v) is 7.42. The number of imidazole rings is 1. The van der Waals surface area contributed by atoms with Crippen LogP contribution in [-0.2, 0) is 16.0 Å². The van der Waals surface area contributed by atoms with Crippen molar-refractivity contribution in [3.8, 4) is 5.75 Å². The number of nitrogens with zero attached hydrogens (tertiary/aromatic N) is 4. The lowest BCUT2D eigenvalue weighted by Crippen LogP contribution is -2.04. The van der Waals surface area contributed by atoms with Crippen molar-refractivity contribution in [3.63, 3.8) is 0 Å². The predicted molar refractivity (Wildman–Crippen MR) is 87.9 cm³/mol. The summed E-state index contributed by atoms with van der Waals surface area (Å²) < 4.78 is 19.7. The van der Waals surface area contributed by atoms with Gasteiger partial charge in [0.1, 0.15) is 17.2 Å². The predicted octanol–water partition coefficient (Wildman–Crippen LogP) is 3.62. The molecule has 128 valence electrons. The number of carbonyl (C=O) groups excluding carboxylic acids is 1. The van der Waals surface area contributed by atoms with Crippen LogP contribution in [-0.4, -0.2) is 27.6 Å². The molecule has 0 fully saturated rings. The summed E-state index contributed by atoms with van der Waals surface area (Å²) in [5, 5.41) is 17.7. The third-order valence-corrected chi connectivity index (χ3v) is 3.60. The molecule has 0 spiro atoms. The van der Waals surface area contributed by atoms with Crippen molar-refractivity contribution in [2.45, 2.75) is 13.3 Å². The van der Waals surface area contributed by atoms with E-state index in [-0.39, 0.29) is 18.0 Å². The summed E-state index contributed by atoms with van der Waals surface area (Å²) in [5.41, 5.74) is 2.03. The highest BCUT2D eigenvalue weighted by molar-refractivity contribution is 5.74. The minimum absolute atomic E-state index is 0.108. The molecule has 7 nitrogen and oxygen atoms in total. The summed E-state index contributed by atoms with van der Waals surface area (Å²) in [4.78, 5) is 15.9. The number of ether oxygens (including phenoxy) is 1. The number of phenols is 1. The van der Waals surface area contributed by atoms with E-state index in [0.29, 0.717) is 17.0 Å². The van der Waals surface area contributed by atoms with Gasteiger partial charge in [0.05, 0.1) is 24.9 Å². The van der Waals surface area contributed by atoms with Gasteiger partial charge in [0.25, 0.3) is 0 Å². The van der Waals surface area contributed by atoms with Crippen LogP contribution in [0.4, 0.5) is 15.9 Å². The Bertz CT molecular complexity index is 981. The number of fused-ring (bicyclic) bond motifs is 1. The molecule has 0 aliphatic heterocycles. The number of aromatic hydroxyl groups is 1. The van der Waals surface area contributed by atoms with Gasteiger partial charge in [-0.1, -0.05) is 0 Å². The highest BCUT2D eigenvalue weighted by atomic mass is 19.1. The van der Waals surface area contributed by atoms with Gasteiger partial charge in [-0.25, -0.2) is 9.37 Å². The molecule has 3 rings (SSSR count). The van der Waals surface area contributed by atoms with E-state index in [1.165, 1.54) is 35.9 Å². The van der Waals surface area contributed by atoms with Gasteiger partial charge in [-0.05, 0) is 42.8 Å². The number of aryl methyl sites for hydroxylation is 1. The van der Waals surface area contributed by atoms with Crippen LogP contribution in [0.3, 0.4) is 0 Å². The maximum absolute atomic E-state index is 13.6. The number of methoxy groups -OCH3 is 1. The Morgan fingerprint density at radius 1 is 1.32 bits per heavy atom. The normalized spacial score (nSPS) is 11.3. The molecule has 1 N–H and O–H groups in total. The number of pyridine rings is 1. The molecule has 3 aromatic rings. The molecule has 25 heavy (non-hydrogen) atoms. The summed E-state index contributed by atoms with van der Waals surface area (Å²) in [6, 6.07) is 7.41. The third-order valence-electron chi connectivity index (χ3n) is 3.60. The van der Waals surface area contributed by atoms with E-state index < -0.39 is 11.8 Å². The van der Waals surface area contributed by atoms with Crippen LogP contribution >= 0.6 is 0 Å². The van der Waals surface area contributed by atoms with Gasteiger partial charge in [0, 0.05) is 6.20 Å². The summed E-state index contributed by atoms with van der Waals surface area (Å²) >= 11 is 0. The molecule has 1 aromatic carbocycles. The zero-order valence-corrected chi connectivity index (χ0v) is 13.6. The summed E-state index contributed by atoms with van der Waals surface area (Å²) in [5.74, 6) is -0.583. The standard InChI is InChI=1S/C17H15FN4O3/c1-10-7-12(23)4-5-13(10)20-21-17-14(8-16(24)25-2)19-15-6-3-11(18)9-22(15)17/h3-7,9,23H,8H2,1-2H3. The Morgan fingerprint density at radius 2 is 2.12 bits per heavy atom. The molecule has 2 heterocycles. The highest BCUT2D eigenvalue weighted by Crippen LogP contribution is 2.28. The largest absolute Gasteiger partial charge is 0.508 e. The van der Waals surface area contributed by atoms with E-state index in [0.717, 1.165) is 5.56 Å².